The number of hydrogen-bond acceptors (Lipinski definition) is 0. The summed E-state index contributed by atoms with van der Waals surface area (Å²) in [6.45, 7) is 5.99. The molecule has 0 aliphatic rings. The van der Waals surface area contributed by atoms with E-state index in [1.165, 1.54) is 57.8 Å². The van der Waals surface area contributed by atoms with Gasteiger partial charge in [-0.1, -0.05) is 57.9 Å². The van der Waals surface area contributed by atoms with Crippen LogP contribution in [0.2, 0.25) is 0 Å². The molecule has 0 aliphatic heterocycles. The third-order valence-corrected chi connectivity index (χ3v) is 2.26. The van der Waals surface area contributed by atoms with Crippen molar-refractivity contribution in [1.29, 1.82) is 0 Å². The lowest BCUT2D eigenvalue weighted by atomic mass is 10.1. The summed E-state index contributed by atoms with van der Waals surface area (Å²) in [4.78, 5) is 0. The summed E-state index contributed by atoms with van der Waals surface area (Å²) in [5, 5.41) is 0. The average Bonchev–Trinajstić information content (AvgIpc) is 2.10. The summed E-state index contributed by atoms with van der Waals surface area (Å²) >= 11 is 0. The van der Waals surface area contributed by atoms with Crippen LogP contribution in [0.25, 0.3) is 0 Å². The molecule has 0 bridgehead atoms. The lowest BCUT2D eigenvalue weighted by molar-refractivity contribution is 0.578. The Kier molecular flexibility index (Phi) is 10.5. The first kappa shape index (κ1) is 11.7. The smallest absolute Gasteiger partial charge is 0.0353 e. The van der Waals surface area contributed by atoms with Crippen LogP contribution in [0.1, 0.15) is 64.7 Å². The largest absolute Gasteiger partial charge is 0.103 e. The van der Waals surface area contributed by atoms with Crippen LogP contribution in [0, 0.1) is 0 Å². The van der Waals surface area contributed by atoms with Gasteiger partial charge in [0.2, 0.25) is 0 Å². The van der Waals surface area contributed by atoms with Crippen molar-refractivity contribution in [2.45, 2.75) is 64.7 Å². The highest BCUT2D eigenvalue weighted by atomic mass is 14.1. The predicted octanol–water partition coefficient (Wildman–Crippen LogP) is 4.70. The third kappa shape index (κ3) is 9.74. The minimum Gasteiger partial charge on any atom is -0.103 e. The summed E-state index contributed by atoms with van der Waals surface area (Å²) in [6, 6.07) is 0. The Bertz CT molecular complexity index is 84.0. The van der Waals surface area contributed by atoms with Crippen LogP contribution in [0.4, 0.5) is 0 Å². The molecule has 72 valence electrons. The zero-order valence-corrected chi connectivity index (χ0v) is 8.65. The van der Waals surface area contributed by atoms with Crippen molar-refractivity contribution in [2.75, 3.05) is 0 Å². The Morgan fingerprint density at radius 2 is 1.33 bits per heavy atom. The van der Waals surface area contributed by atoms with Gasteiger partial charge >= 0.3 is 0 Å². The average molecular weight is 170 g/mol. The summed E-state index contributed by atoms with van der Waals surface area (Å²) in [6.07, 6.45) is 14.5. The lowest BCUT2D eigenvalue weighted by Gasteiger charge is -1.99. The Balaban J connectivity index is 2.77. The van der Waals surface area contributed by atoms with Crippen LogP contribution in [0.5, 0.6) is 0 Å². The normalized spacial score (nSPS) is 10.1. The monoisotopic (exact) mass is 170 g/mol. The quantitative estimate of drug-likeness (QED) is 0.267. The van der Waals surface area contributed by atoms with E-state index in [1.54, 1.807) is 0 Å². The van der Waals surface area contributed by atoms with Crippen LogP contribution >= 0.6 is 0 Å². The van der Waals surface area contributed by atoms with Crippen molar-refractivity contribution in [1.82, 2.24) is 0 Å². The van der Waals surface area contributed by atoms with E-state index in [9.17, 15) is 0 Å². The highest BCUT2D eigenvalue weighted by Gasteiger charge is 1.89. The molecule has 0 aromatic carbocycles. The number of rotatable bonds is 9. The summed E-state index contributed by atoms with van der Waals surface area (Å²) < 4.78 is 0. The fourth-order valence-corrected chi connectivity index (χ4v) is 1.42. The molecule has 0 atom stereocenters. The highest BCUT2D eigenvalue weighted by molar-refractivity contribution is 4.65. The molecule has 0 fully saturated rings. The van der Waals surface area contributed by atoms with Crippen molar-refractivity contribution in [3.05, 3.63) is 12.7 Å². The molecule has 0 amide bonds. The summed E-state index contributed by atoms with van der Waals surface area (Å²) in [7, 11) is 0. The molecule has 0 unspecified atom stereocenters. The Hall–Kier alpha value is -0.260. The van der Waals surface area contributed by atoms with Crippen LogP contribution in [-0.4, -0.2) is 0 Å². The van der Waals surface area contributed by atoms with Gasteiger partial charge in [-0.05, 0) is 12.8 Å². The third-order valence-electron chi connectivity index (χ3n) is 2.26. The zero-order chi connectivity index (χ0) is 9.07. The Morgan fingerprint density at radius 1 is 0.833 bits per heavy atom. The van der Waals surface area contributed by atoms with Gasteiger partial charge in [-0.3, -0.25) is 0 Å². The molecular weight excluding hydrogens is 146 g/mol. The van der Waals surface area contributed by atoms with Gasteiger partial charge in [0.25, 0.3) is 0 Å². The Labute approximate surface area is 78.1 Å². The standard InChI is InChI=1S/C12H24/c1-3-5-7-9-11-12-10-8-6-4-2/h3H,1,4-12H2,2H3/i1+1,3+1. The molecule has 0 aromatic rings. The predicted molar refractivity (Wildman–Crippen MR) is 57.4 cm³/mol. The van der Waals surface area contributed by atoms with Gasteiger partial charge in [-0.25, -0.2) is 0 Å². The Morgan fingerprint density at radius 3 is 1.83 bits per heavy atom. The topological polar surface area (TPSA) is 0 Å². The van der Waals surface area contributed by atoms with Gasteiger partial charge in [-0.15, -0.1) is 6.58 Å². The van der Waals surface area contributed by atoms with Crippen molar-refractivity contribution >= 4 is 0 Å². The van der Waals surface area contributed by atoms with E-state index in [1.807, 2.05) is 6.08 Å². The summed E-state index contributed by atoms with van der Waals surface area (Å²) in [5.74, 6) is 0. The van der Waals surface area contributed by atoms with E-state index >= 15 is 0 Å². The van der Waals surface area contributed by atoms with Crippen molar-refractivity contribution in [3.8, 4) is 0 Å². The first-order valence-corrected chi connectivity index (χ1v) is 5.52. The second-order valence-electron chi connectivity index (χ2n) is 3.55. The van der Waals surface area contributed by atoms with E-state index in [0.29, 0.717) is 0 Å². The first-order valence-electron chi connectivity index (χ1n) is 5.52. The molecule has 0 radical (unpaired) electrons. The maximum Gasteiger partial charge on any atom is -0.0353 e. The van der Waals surface area contributed by atoms with Crippen LogP contribution < -0.4 is 0 Å². The number of allylic oxidation sites excluding steroid dienone is 1. The molecule has 0 heterocycles. The molecule has 12 heavy (non-hydrogen) atoms. The molecule has 0 spiro atoms. The molecule has 0 saturated carbocycles. The van der Waals surface area contributed by atoms with Crippen LogP contribution in [0.15, 0.2) is 12.7 Å². The van der Waals surface area contributed by atoms with Crippen LogP contribution in [-0.2, 0) is 0 Å². The van der Waals surface area contributed by atoms with Crippen molar-refractivity contribution < 1.29 is 0 Å². The van der Waals surface area contributed by atoms with Gasteiger partial charge in [0.05, 0.1) is 0 Å². The fraction of sp³-hybridized carbons (Fsp3) is 0.833. The van der Waals surface area contributed by atoms with Gasteiger partial charge < -0.3 is 0 Å². The molecule has 0 nitrogen and oxygen atoms in total. The molecular formula is C12H24. The van der Waals surface area contributed by atoms with E-state index in [0.717, 1.165) is 0 Å². The van der Waals surface area contributed by atoms with Crippen LogP contribution in [0.3, 0.4) is 0 Å². The number of unbranched alkanes of at least 4 members (excludes halogenated alkanes) is 8. The fourth-order valence-electron chi connectivity index (χ4n) is 1.42. The second kappa shape index (κ2) is 10.7. The molecule has 0 rings (SSSR count). The highest BCUT2D eigenvalue weighted by Crippen LogP contribution is 2.09. The number of hydrogen-bond donors (Lipinski definition) is 0. The van der Waals surface area contributed by atoms with E-state index in [-0.39, 0.29) is 0 Å². The van der Waals surface area contributed by atoms with Gasteiger partial charge in [0.15, 0.2) is 0 Å². The molecule has 0 saturated heterocycles. The van der Waals surface area contributed by atoms with E-state index < -0.39 is 0 Å². The maximum absolute atomic E-state index is 3.72. The van der Waals surface area contributed by atoms with Crippen molar-refractivity contribution in [2.24, 2.45) is 0 Å². The molecule has 0 aliphatic carbocycles. The van der Waals surface area contributed by atoms with Gasteiger partial charge in [-0.2, -0.15) is 0 Å². The van der Waals surface area contributed by atoms with Gasteiger partial charge in [0.1, 0.15) is 0 Å². The minimum absolute atomic E-state index is 1.20. The second-order valence-corrected chi connectivity index (χ2v) is 3.55. The SMILES string of the molecule is CCCCCCCCCC[13CH]=[13CH2]. The minimum atomic E-state index is 1.20. The van der Waals surface area contributed by atoms with Crippen molar-refractivity contribution in [3.63, 3.8) is 0 Å². The van der Waals surface area contributed by atoms with Gasteiger partial charge in [0, 0.05) is 0 Å². The molecule has 0 aromatic heterocycles. The zero-order valence-electron chi connectivity index (χ0n) is 8.65. The van der Waals surface area contributed by atoms with E-state index in [4.69, 9.17) is 0 Å². The first-order chi connectivity index (χ1) is 5.91. The molecule has 0 N–H and O–H groups in total. The maximum atomic E-state index is 3.72. The van der Waals surface area contributed by atoms with E-state index in [2.05, 4.69) is 13.5 Å². The molecule has 0 heteroatoms. The lowest BCUT2D eigenvalue weighted by Crippen LogP contribution is -1.79. The summed E-state index contributed by atoms with van der Waals surface area (Å²) in [5.41, 5.74) is 0.